The normalized spacial score (nSPS) is 10.9. The number of para-hydroxylation sites is 1. The summed E-state index contributed by atoms with van der Waals surface area (Å²) < 4.78 is 1.99. The highest BCUT2D eigenvalue weighted by Gasteiger charge is 2.18. The zero-order chi connectivity index (χ0) is 23.4. The molecule has 0 saturated carbocycles. The smallest absolute Gasteiger partial charge is 0.234 e. The van der Waals surface area contributed by atoms with Gasteiger partial charge >= 0.3 is 0 Å². The molecule has 168 valence electrons. The lowest BCUT2D eigenvalue weighted by molar-refractivity contribution is -0.113. The summed E-state index contributed by atoms with van der Waals surface area (Å²) >= 11 is 7.44. The number of aryl methyl sites for hydroxylation is 3. The molecule has 0 fully saturated rings. The van der Waals surface area contributed by atoms with Crippen molar-refractivity contribution in [3.8, 4) is 17.1 Å². The van der Waals surface area contributed by atoms with Gasteiger partial charge in [-0.2, -0.15) is 0 Å². The maximum atomic E-state index is 12.7. The number of rotatable bonds is 7. The Morgan fingerprint density at radius 1 is 0.970 bits per heavy atom. The summed E-state index contributed by atoms with van der Waals surface area (Å²) in [6, 6.07) is 21.8. The number of carbonyl (C=O) groups excluding carboxylic acids is 1. The van der Waals surface area contributed by atoms with Gasteiger partial charge < -0.3 is 5.32 Å². The summed E-state index contributed by atoms with van der Waals surface area (Å²) in [6.45, 7) is 6.11. The third-order valence-electron chi connectivity index (χ3n) is 5.42. The van der Waals surface area contributed by atoms with Crippen LogP contribution in [-0.4, -0.2) is 26.4 Å². The van der Waals surface area contributed by atoms with E-state index in [2.05, 4.69) is 46.7 Å². The maximum Gasteiger partial charge on any atom is 0.234 e. The maximum absolute atomic E-state index is 12.7. The monoisotopic (exact) mass is 476 g/mol. The summed E-state index contributed by atoms with van der Waals surface area (Å²) in [5, 5.41) is 13.2. The van der Waals surface area contributed by atoms with Gasteiger partial charge in [-0.25, -0.2) is 0 Å². The number of amides is 1. The third kappa shape index (κ3) is 5.29. The van der Waals surface area contributed by atoms with Crippen molar-refractivity contribution in [2.24, 2.45) is 0 Å². The Morgan fingerprint density at radius 3 is 2.27 bits per heavy atom. The fourth-order valence-electron chi connectivity index (χ4n) is 3.58. The minimum atomic E-state index is -0.0821. The van der Waals surface area contributed by atoms with Crippen molar-refractivity contribution in [1.29, 1.82) is 0 Å². The second kappa shape index (κ2) is 10.2. The van der Waals surface area contributed by atoms with Gasteiger partial charge in [-0.15, -0.1) is 10.2 Å². The highest BCUT2D eigenvalue weighted by atomic mass is 35.5. The van der Waals surface area contributed by atoms with E-state index in [0.717, 1.165) is 34.5 Å². The highest BCUT2D eigenvalue weighted by molar-refractivity contribution is 7.99. The molecule has 33 heavy (non-hydrogen) atoms. The Morgan fingerprint density at radius 2 is 1.64 bits per heavy atom. The Kier molecular flexibility index (Phi) is 7.16. The predicted octanol–water partition coefficient (Wildman–Crippen LogP) is 6.50. The summed E-state index contributed by atoms with van der Waals surface area (Å²) in [5.74, 6) is 0.842. The van der Waals surface area contributed by atoms with E-state index in [1.165, 1.54) is 17.3 Å². The van der Waals surface area contributed by atoms with Gasteiger partial charge in [-0.05, 0) is 73.4 Å². The van der Waals surface area contributed by atoms with Crippen molar-refractivity contribution in [3.05, 3.63) is 88.4 Å². The van der Waals surface area contributed by atoms with E-state index in [9.17, 15) is 4.79 Å². The minimum Gasteiger partial charge on any atom is -0.325 e. The van der Waals surface area contributed by atoms with Crippen molar-refractivity contribution in [2.45, 2.75) is 32.3 Å². The van der Waals surface area contributed by atoms with Gasteiger partial charge in [0, 0.05) is 22.0 Å². The van der Waals surface area contributed by atoms with Crippen LogP contribution in [0.5, 0.6) is 0 Å². The molecule has 1 N–H and O–H groups in total. The zero-order valence-corrected chi connectivity index (χ0v) is 20.4. The first-order valence-electron chi connectivity index (χ1n) is 10.8. The highest BCUT2D eigenvalue weighted by Crippen LogP contribution is 2.29. The van der Waals surface area contributed by atoms with Crippen molar-refractivity contribution in [1.82, 2.24) is 14.8 Å². The predicted molar refractivity (Wildman–Crippen MR) is 136 cm³/mol. The molecule has 1 heterocycles. The number of benzene rings is 3. The van der Waals surface area contributed by atoms with Gasteiger partial charge in [-0.1, -0.05) is 60.6 Å². The van der Waals surface area contributed by atoms with Crippen molar-refractivity contribution < 1.29 is 4.79 Å². The van der Waals surface area contributed by atoms with Gasteiger partial charge in [0.1, 0.15) is 0 Å². The number of hydrogen-bond donors (Lipinski definition) is 1. The van der Waals surface area contributed by atoms with Gasteiger partial charge in [0.15, 0.2) is 11.0 Å². The van der Waals surface area contributed by atoms with Crippen LogP contribution in [0.1, 0.15) is 23.6 Å². The SMILES string of the molecule is CCc1ccc(-n2c(SCC(=O)Nc3c(C)cccc3C)nnc2-c2ccc(Cl)cc2)cc1. The topological polar surface area (TPSA) is 59.8 Å². The van der Waals surface area contributed by atoms with Crippen LogP contribution < -0.4 is 5.32 Å². The average molecular weight is 477 g/mol. The molecule has 1 aromatic heterocycles. The van der Waals surface area contributed by atoms with Gasteiger partial charge in [-0.3, -0.25) is 9.36 Å². The number of carbonyl (C=O) groups is 1. The molecule has 3 aromatic carbocycles. The molecule has 7 heteroatoms. The van der Waals surface area contributed by atoms with E-state index >= 15 is 0 Å². The zero-order valence-electron chi connectivity index (χ0n) is 18.8. The van der Waals surface area contributed by atoms with Crippen molar-refractivity contribution in [3.63, 3.8) is 0 Å². The van der Waals surface area contributed by atoms with E-state index in [4.69, 9.17) is 11.6 Å². The Bertz CT molecular complexity index is 1250. The minimum absolute atomic E-state index is 0.0821. The molecule has 0 atom stereocenters. The molecule has 0 radical (unpaired) electrons. The Hall–Kier alpha value is -3.09. The van der Waals surface area contributed by atoms with Crippen LogP contribution in [-0.2, 0) is 11.2 Å². The van der Waals surface area contributed by atoms with Crippen molar-refractivity contribution >= 4 is 35.0 Å². The summed E-state index contributed by atoms with van der Waals surface area (Å²) in [5.41, 5.74) is 6.04. The summed E-state index contributed by atoms with van der Waals surface area (Å²) in [6.07, 6.45) is 0.965. The van der Waals surface area contributed by atoms with Crippen LogP contribution in [0.4, 0.5) is 5.69 Å². The van der Waals surface area contributed by atoms with E-state index in [1.54, 1.807) is 0 Å². The Labute approximate surface area is 203 Å². The van der Waals surface area contributed by atoms with Gasteiger partial charge in [0.05, 0.1) is 5.75 Å². The molecule has 4 rings (SSSR count). The molecular formula is C26H25ClN4OS. The van der Waals surface area contributed by atoms with Crippen LogP contribution in [0.3, 0.4) is 0 Å². The lowest BCUT2D eigenvalue weighted by atomic mass is 10.1. The number of anilines is 1. The summed E-state index contributed by atoms with van der Waals surface area (Å²) in [7, 11) is 0. The second-order valence-corrected chi connectivity index (χ2v) is 9.15. The fourth-order valence-corrected chi connectivity index (χ4v) is 4.46. The third-order valence-corrected chi connectivity index (χ3v) is 6.60. The molecule has 0 bridgehead atoms. The first kappa shape index (κ1) is 23.1. The number of nitrogens with zero attached hydrogens (tertiary/aromatic N) is 3. The number of hydrogen-bond acceptors (Lipinski definition) is 4. The summed E-state index contributed by atoms with van der Waals surface area (Å²) in [4.78, 5) is 12.7. The molecule has 0 saturated heterocycles. The number of aromatic nitrogens is 3. The second-order valence-electron chi connectivity index (χ2n) is 7.77. The molecule has 0 aliphatic heterocycles. The van der Waals surface area contributed by atoms with Gasteiger partial charge in [0.25, 0.3) is 0 Å². The van der Waals surface area contributed by atoms with Crippen LogP contribution >= 0.6 is 23.4 Å². The van der Waals surface area contributed by atoms with Crippen LogP contribution in [0.2, 0.25) is 5.02 Å². The fraction of sp³-hybridized carbons (Fsp3) is 0.192. The molecule has 1 amide bonds. The molecular weight excluding hydrogens is 452 g/mol. The largest absolute Gasteiger partial charge is 0.325 e. The van der Waals surface area contributed by atoms with E-state index in [1.807, 2.05) is 60.9 Å². The van der Waals surface area contributed by atoms with Gasteiger partial charge in [0.2, 0.25) is 5.91 Å². The Balaban J connectivity index is 1.62. The molecule has 0 spiro atoms. The lowest BCUT2D eigenvalue weighted by Gasteiger charge is -2.13. The van der Waals surface area contributed by atoms with E-state index in [-0.39, 0.29) is 11.7 Å². The van der Waals surface area contributed by atoms with Crippen molar-refractivity contribution in [2.75, 3.05) is 11.1 Å². The number of thioether (sulfide) groups is 1. The standard InChI is InChI=1S/C26H25ClN4OS/c1-4-19-8-14-22(15-9-19)31-25(20-10-12-21(27)13-11-20)29-30-26(31)33-16-23(32)28-24-17(2)6-5-7-18(24)3/h5-15H,4,16H2,1-3H3,(H,28,32). The van der Waals surface area contributed by atoms with E-state index < -0.39 is 0 Å². The first-order valence-corrected chi connectivity index (χ1v) is 12.1. The molecule has 5 nitrogen and oxygen atoms in total. The first-order chi connectivity index (χ1) is 16.0. The molecule has 4 aromatic rings. The van der Waals surface area contributed by atoms with Crippen LogP contribution in [0.15, 0.2) is 71.9 Å². The number of nitrogens with one attached hydrogen (secondary N) is 1. The molecule has 0 unspecified atom stereocenters. The van der Waals surface area contributed by atoms with Crippen LogP contribution in [0.25, 0.3) is 17.1 Å². The lowest BCUT2D eigenvalue weighted by Crippen LogP contribution is -2.16. The average Bonchev–Trinajstić information content (AvgIpc) is 3.24. The quantitative estimate of drug-likeness (QED) is 0.309. The number of halogens is 1. The molecule has 0 aliphatic carbocycles. The van der Waals surface area contributed by atoms with E-state index in [0.29, 0.717) is 16.0 Å². The molecule has 0 aliphatic rings. The van der Waals surface area contributed by atoms with Crippen LogP contribution in [0, 0.1) is 13.8 Å².